The molecular formula is C27H27NO2. The molecule has 1 atom stereocenters. The van der Waals surface area contributed by atoms with Crippen LogP contribution in [0.2, 0.25) is 0 Å². The van der Waals surface area contributed by atoms with E-state index >= 15 is 0 Å². The van der Waals surface area contributed by atoms with E-state index in [0.717, 1.165) is 54.4 Å². The zero-order chi connectivity index (χ0) is 20.8. The number of likely N-dealkylation sites (tertiary alicyclic amines) is 1. The highest BCUT2D eigenvalue weighted by Gasteiger charge is 2.27. The van der Waals surface area contributed by atoms with Crippen LogP contribution in [0.5, 0.6) is 0 Å². The van der Waals surface area contributed by atoms with Crippen LogP contribution in [-0.4, -0.2) is 35.5 Å². The first-order valence-corrected chi connectivity index (χ1v) is 10.7. The van der Waals surface area contributed by atoms with Crippen LogP contribution in [0.4, 0.5) is 0 Å². The third-order valence-electron chi connectivity index (χ3n) is 5.76. The average Bonchev–Trinajstić information content (AvgIpc) is 2.80. The van der Waals surface area contributed by atoms with Crippen LogP contribution in [0, 0.1) is 17.8 Å². The Morgan fingerprint density at radius 3 is 2.67 bits per heavy atom. The van der Waals surface area contributed by atoms with Crippen LogP contribution in [-0.2, 0) is 6.54 Å². The Kier molecular flexibility index (Phi) is 6.59. The van der Waals surface area contributed by atoms with Gasteiger partial charge in [0.1, 0.15) is 0 Å². The smallest absolute Gasteiger partial charge is 0.167 e. The van der Waals surface area contributed by atoms with E-state index in [1.54, 1.807) is 0 Å². The lowest BCUT2D eigenvalue weighted by atomic mass is 9.88. The summed E-state index contributed by atoms with van der Waals surface area (Å²) in [7, 11) is 0. The molecule has 0 radical (unpaired) electrons. The van der Waals surface area contributed by atoms with Gasteiger partial charge < -0.3 is 5.11 Å². The van der Waals surface area contributed by atoms with Crippen molar-refractivity contribution in [2.45, 2.75) is 25.8 Å². The summed E-state index contributed by atoms with van der Waals surface area (Å²) in [6.45, 7) is 2.78. The lowest BCUT2D eigenvalue weighted by molar-refractivity contribution is 0.0813. The largest absolute Gasteiger partial charge is 0.395 e. The van der Waals surface area contributed by atoms with E-state index < -0.39 is 0 Å². The van der Waals surface area contributed by atoms with E-state index in [1.165, 1.54) is 5.56 Å². The fourth-order valence-corrected chi connectivity index (χ4v) is 4.25. The molecule has 3 heteroatoms. The number of rotatable bonds is 5. The predicted octanol–water partition coefficient (Wildman–Crippen LogP) is 4.67. The Bertz CT molecular complexity index is 1070. The number of aliphatic hydroxyl groups excluding tert-OH is 1. The van der Waals surface area contributed by atoms with Gasteiger partial charge in [-0.15, -0.1) is 0 Å². The van der Waals surface area contributed by atoms with Crippen molar-refractivity contribution in [1.82, 2.24) is 4.90 Å². The highest BCUT2D eigenvalue weighted by molar-refractivity contribution is 6.09. The molecule has 1 heterocycles. The number of fused-ring (bicyclic) bond motifs is 1. The monoisotopic (exact) mass is 397 g/mol. The molecule has 3 aromatic carbocycles. The summed E-state index contributed by atoms with van der Waals surface area (Å²) in [5.41, 5.74) is 3.06. The van der Waals surface area contributed by atoms with Crippen LogP contribution in [0.25, 0.3) is 10.8 Å². The Hall–Kier alpha value is -2.93. The molecule has 4 rings (SSSR count). The first kappa shape index (κ1) is 20.3. The van der Waals surface area contributed by atoms with Crippen molar-refractivity contribution in [2.75, 3.05) is 19.7 Å². The van der Waals surface area contributed by atoms with Gasteiger partial charge in [-0.1, -0.05) is 66.4 Å². The number of carbonyl (C=O) groups is 1. The fraction of sp³-hybridized carbons (Fsp3) is 0.296. The van der Waals surface area contributed by atoms with E-state index in [-0.39, 0.29) is 18.3 Å². The van der Waals surface area contributed by atoms with Crippen LogP contribution < -0.4 is 0 Å². The maximum absolute atomic E-state index is 13.3. The minimum atomic E-state index is 0.0492. The molecule has 1 aliphatic rings. The highest BCUT2D eigenvalue weighted by atomic mass is 16.2. The van der Waals surface area contributed by atoms with Crippen LogP contribution >= 0.6 is 0 Å². The molecule has 0 unspecified atom stereocenters. The Morgan fingerprint density at radius 2 is 1.83 bits per heavy atom. The van der Waals surface area contributed by atoms with E-state index in [2.05, 4.69) is 41.0 Å². The molecule has 1 N–H and O–H groups in total. The van der Waals surface area contributed by atoms with Gasteiger partial charge in [0.15, 0.2) is 5.78 Å². The molecule has 1 fully saturated rings. The van der Waals surface area contributed by atoms with Gasteiger partial charge in [-0.25, -0.2) is 0 Å². The van der Waals surface area contributed by atoms with Gasteiger partial charge in [-0.05, 0) is 47.9 Å². The van der Waals surface area contributed by atoms with Crippen molar-refractivity contribution >= 4 is 16.6 Å². The summed E-state index contributed by atoms with van der Waals surface area (Å²) in [5.74, 6) is 6.33. The number of piperidine rings is 1. The maximum Gasteiger partial charge on any atom is 0.167 e. The van der Waals surface area contributed by atoms with Gasteiger partial charge in [0.05, 0.1) is 6.61 Å². The summed E-state index contributed by atoms with van der Waals surface area (Å²) in [6.07, 6.45) is 2.51. The normalized spacial score (nSPS) is 16.8. The zero-order valence-corrected chi connectivity index (χ0v) is 17.2. The number of hydrogen-bond donors (Lipinski definition) is 1. The summed E-state index contributed by atoms with van der Waals surface area (Å²) in [5, 5.41) is 11.0. The fourth-order valence-electron chi connectivity index (χ4n) is 4.25. The summed E-state index contributed by atoms with van der Waals surface area (Å²) in [4.78, 5) is 15.7. The molecule has 3 nitrogen and oxygen atoms in total. The quantitative estimate of drug-likeness (QED) is 0.502. The number of benzene rings is 3. The molecule has 0 saturated carbocycles. The van der Waals surface area contributed by atoms with Crippen molar-refractivity contribution in [1.29, 1.82) is 0 Å². The zero-order valence-electron chi connectivity index (χ0n) is 17.2. The van der Waals surface area contributed by atoms with Gasteiger partial charge >= 0.3 is 0 Å². The number of nitrogens with zero attached hydrogens (tertiary/aromatic N) is 1. The third kappa shape index (κ3) is 4.79. The number of ketones is 1. The Morgan fingerprint density at radius 1 is 1.03 bits per heavy atom. The SMILES string of the molecule is O=C(c1cccc2ccccc12)[C@@H]1CCCN(Cc2ccc(C#CCCO)cc2)C1. The van der Waals surface area contributed by atoms with Crippen molar-refractivity contribution < 1.29 is 9.90 Å². The van der Waals surface area contributed by atoms with Gasteiger partial charge in [0.25, 0.3) is 0 Å². The van der Waals surface area contributed by atoms with Gasteiger partial charge in [0, 0.05) is 36.6 Å². The van der Waals surface area contributed by atoms with Crippen LogP contribution in [0.3, 0.4) is 0 Å². The standard InChI is InChI=1S/C27H27NO2/c29-18-4-3-7-21-13-15-22(16-14-21)19-28-17-6-10-24(20-28)27(30)26-12-5-9-23-8-1-2-11-25(23)26/h1-2,5,8-9,11-16,24,29H,4,6,10,17-20H2/t24-/m1/s1. The molecule has 0 spiro atoms. The molecule has 0 bridgehead atoms. The van der Waals surface area contributed by atoms with Crippen molar-refractivity contribution in [3.8, 4) is 11.8 Å². The second-order valence-electron chi connectivity index (χ2n) is 7.94. The van der Waals surface area contributed by atoms with Gasteiger partial charge in [-0.3, -0.25) is 9.69 Å². The van der Waals surface area contributed by atoms with E-state index in [0.29, 0.717) is 6.42 Å². The van der Waals surface area contributed by atoms with Gasteiger partial charge in [-0.2, -0.15) is 0 Å². The Balaban J connectivity index is 1.43. The second kappa shape index (κ2) is 9.71. The topological polar surface area (TPSA) is 40.5 Å². The average molecular weight is 398 g/mol. The molecule has 0 aliphatic carbocycles. The minimum absolute atomic E-state index is 0.0492. The molecule has 152 valence electrons. The van der Waals surface area contributed by atoms with Crippen LogP contribution in [0.15, 0.2) is 66.7 Å². The molecule has 30 heavy (non-hydrogen) atoms. The number of hydrogen-bond acceptors (Lipinski definition) is 3. The first-order valence-electron chi connectivity index (χ1n) is 10.7. The van der Waals surface area contributed by atoms with E-state index in [9.17, 15) is 4.79 Å². The molecule has 0 aromatic heterocycles. The van der Waals surface area contributed by atoms with Gasteiger partial charge in [0.2, 0.25) is 0 Å². The van der Waals surface area contributed by atoms with E-state index in [1.807, 2.05) is 42.5 Å². The van der Waals surface area contributed by atoms with Crippen molar-refractivity contribution in [2.24, 2.45) is 5.92 Å². The van der Waals surface area contributed by atoms with Crippen molar-refractivity contribution in [3.05, 3.63) is 83.4 Å². The molecule has 1 saturated heterocycles. The lowest BCUT2D eigenvalue weighted by Crippen LogP contribution is -2.38. The molecular weight excluding hydrogens is 370 g/mol. The number of aliphatic hydroxyl groups is 1. The number of carbonyl (C=O) groups excluding carboxylic acids is 1. The maximum atomic E-state index is 13.3. The minimum Gasteiger partial charge on any atom is -0.395 e. The molecule has 0 amide bonds. The summed E-state index contributed by atoms with van der Waals surface area (Å²) < 4.78 is 0. The Labute approximate surface area is 178 Å². The van der Waals surface area contributed by atoms with E-state index in [4.69, 9.17) is 5.11 Å². The predicted molar refractivity (Wildman–Crippen MR) is 121 cm³/mol. The molecule has 3 aromatic rings. The lowest BCUT2D eigenvalue weighted by Gasteiger charge is -2.32. The first-order chi connectivity index (χ1) is 14.7. The molecule has 1 aliphatic heterocycles. The van der Waals surface area contributed by atoms with Crippen molar-refractivity contribution in [3.63, 3.8) is 0 Å². The summed E-state index contributed by atoms with van der Waals surface area (Å²) in [6, 6.07) is 22.4. The second-order valence-corrected chi connectivity index (χ2v) is 7.94. The summed E-state index contributed by atoms with van der Waals surface area (Å²) >= 11 is 0. The highest BCUT2D eigenvalue weighted by Crippen LogP contribution is 2.26. The third-order valence-corrected chi connectivity index (χ3v) is 5.76. The number of Topliss-reactive ketones (excluding diaryl/α,β-unsaturated/α-hetero) is 1. The van der Waals surface area contributed by atoms with Crippen LogP contribution in [0.1, 0.15) is 40.7 Å².